The number of tetrazole rings is 1. The highest BCUT2D eigenvalue weighted by Crippen LogP contribution is 2.36. The number of rotatable bonds is 5. The zero-order valence-corrected chi connectivity index (χ0v) is 13.6. The average Bonchev–Trinajstić information content (AvgIpc) is 3.38. The van der Waals surface area contributed by atoms with Gasteiger partial charge in [-0.3, -0.25) is 14.9 Å². The van der Waals surface area contributed by atoms with E-state index in [-0.39, 0.29) is 11.3 Å². The molecule has 0 unspecified atom stereocenters. The zero-order chi connectivity index (χ0) is 18.1. The van der Waals surface area contributed by atoms with E-state index in [0.717, 1.165) is 18.4 Å². The van der Waals surface area contributed by atoms with Crippen molar-refractivity contribution in [2.45, 2.75) is 18.9 Å². The van der Waals surface area contributed by atoms with Gasteiger partial charge in [0.05, 0.1) is 11.0 Å². The van der Waals surface area contributed by atoms with Gasteiger partial charge in [-0.2, -0.15) is 0 Å². The van der Waals surface area contributed by atoms with Gasteiger partial charge in [-0.1, -0.05) is 24.3 Å². The Balaban J connectivity index is 1.61. The maximum atomic E-state index is 12.5. The number of amides is 1. The number of para-hydroxylation sites is 1. The molecule has 0 spiro atoms. The number of nitrogens with zero attached hydrogens (tertiary/aromatic N) is 5. The van der Waals surface area contributed by atoms with Gasteiger partial charge in [0.15, 0.2) is 5.82 Å². The van der Waals surface area contributed by atoms with Crippen LogP contribution in [0, 0.1) is 10.1 Å². The van der Waals surface area contributed by atoms with E-state index in [1.807, 2.05) is 6.07 Å². The minimum atomic E-state index is -0.574. The van der Waals surface area contributed by atoms with Crippen molar-refractivity contribution in [3.63, 3.8) is 0 Å². The third-order valence-corrected chi connectivity index (χ3v) is 4.11. The van der Waals surface area contributed by atoms with Gasteiger partial charge in [-0.05, 0) is 41.5 Å². The molecule has 1 N–H and O–H groups in total. The SMILES string of the molecule is O=C(Nc1cccc(-c2nnnn2C2CC2)c1)c1ccccc1[N+](=O)[O-]. The largest absolute Gasteiger partial charge is 0.322 e. The van der Waals surface area contributed by atoms with Crippen LogP contribution in [0.25, 0.3) is 11.4 Å². The number of aromatic nitrogens is 4. The van der Waals surface area contributed by atoms with Gasteiger partial charge >= 0.3 is 0 Å². The molecule has 1 heterocycles. The lowest BCUT2D eigenvalue weighted by atomic mass is 10.1. The van der Waals surface area contributed by atoms with Gasteiger partial charge in [0.1, 0.15) is 5.56 Å². The molecule has 1 saturated carbocycles. The monoisotopic (exact) mass is 350 g/mol. The summed E-state index contributed by atoms with van der Waals surface area (Å²) in [6, 6.07) is 13.2. The number of hydrogen-bond acceptors (Lipinski definition) is 6. The van der Waals surface area contributed by atoms with Crippen molar-refractivity contribution in [3.8, 4) is 11.4 Å². The van der Waals surface area contributed by atoms with Crippen LogP contribution >= 0.6 is 0 Å². The number of nitro groups is 1. The lowest BCUT2D eigenvalue weighted by Crippen LogP contribution is -2.14. The van der Waals surface area contributed by atoms with Crippen LogP contribution in [0.3, 0.4) is 0 Å². The Labute approximate surface area is 147 Å². The topological polar surface area (TPSA) is 116 Å². The van der Waals surface area contributed by atoms with Gasteiger partial charge in [0, 0.05) is 17.3 Å². The van der Waals surface area contributed by atoms with Crippen LogP contribution in [0.2, 0.25) is 0 Å². The lowest BCUT2D eigenvalue weighted by Gasteiger charge is -2.08. The van der Waals surface area contributed by atoms with E-state index in [1.54, 1.807) is 28.9 Å². The van der Waals surface area contributed by atoms with Crippen molar-refractivity contribution >= 4 is 17.3 Å². The number of benzene rings is 2. The Hall–Kier alpha value is -3.62. The fourth-order valence-corrected chi connectivity index (χ4v) is 2.71. The molecule has 0 bridgehead atoms. The fourth-order valence-electron chi connectivity index (χ4n) is 2.71. The summed E-state index contributed by atoms with van der Waals surface area (Å²) in [4.78, 5) is 23.0. The Bertz CT molecular complexity index is 995. The smallest absolute Gasteiger partial charge is 0.282 e. The van der Waals surface area contributed by atoms with Gasteiger partial charge in [0.2, 0.25) is 0 Å². The average molecular weight is 350 g/mol. The Morgan fingerprint density at radius 2 is 2.00 bits per heavy atom. The molecular weight excluding hydrogens is 336 g/mol. The second-order valence-corrected chi connectivity index (χ2v) is 5.99. The van der Waals surface area contributed by atoms with E-state index < -0.39 is 10.8 Å². The summed E-state index contributed by atoms with van der Waals surface area (Å²) in [5.74, 6) is 0.0884. The molecule has 0 atom stereocenters. The number of carbonyl (C=O) groups excluding carboxylic acids is 1. The summed E-state index contributed by atoms with van der Waals surface area (Å²) in [7, 11) is 0. The molecule has 1 aromatic heterocycles. The third-order valence-electron chi connectivity index (χ3n) is 4.11. The Morgan fingerprint density at radius 1 is 1.19 bits per heavy atom. The van der Waals surface area contributed by atoms with Crippen molar-refractivity contribution in [1.29, 1.82) is 0 Å². The van der Waals surface area contributed by atoms with E-state index in [4.69, 9.17) is 0 Å². The molecule has 3 aromatic rings. The first-order valence-electron chi connectivity index (χ1n) is 8.06. The summed E-state index contributed by atoms with van der Waals surface area (Å²) < 4.78 is 1.78. The number of hydrogen-bond donors (Lipinski definition) is 1. The van der Waals surface area contributed by atoms with Crippen molar-refractivity contribution < 1.29 is 9.72 Å². The summed E-state index contributed by atoms with van der Waals surface area (Å²) in [6.07, 6.45) is 2.10. The number of carbonyl (C=O) groups is 1. The van der Waals surface area contributed by atoms with Crippen LogP contribution in [0.15, 0.2) is 48.5 Å². The van der Waals surface area contributed by atoms with Gasteiger partial charge in [0.25, 0.3) is 11.6 Å². The van der Waals surface area contributed by atoms with Crippen LogP contribution in [0.4, 0.5) is 11.4 Å². The molecule has 4 rings (SSSR count). The molecule has 2 aromatic carbocycles. The molecule has 0 aliphatic heterocycles. The number of nitro benzene ring substituents is 1. The highest BCUT2D eigenvalue weighted by atomic mass is 16.6. The molecule has 26 heavy (non-hydrogen) atoms. The maximum Gasteiger partial charge on any atom is 0.282 e. The molecule has 0 saturated heterocycles. The zero-order valence-electron chi connectivity index (χ0n) is 13.6. The van der Waals surface area contributed by atoms with Crippen LogP contribution in [-0.4, -0.2) is 31.0 Å². The first-order valence-corrected chi connectivity index (χ1v) is 8.06. The van der Waals surface area contributed by atoms with Gasteiger partial charge in [-0.15, -0.1) is 5.10 Å². The van der Waals surface area contributed by atoms with E-state index in [9.17, 15) is 14.9 Å². The third kappa shape index (κ3) is 3.02. The standard InChI is InChI=1S/C17H14N6O3/c24-17(14-6-1-2-7-15(14)23(25)26)18-12-5-3-4-11(10-12)16-19-20-21-22(16)13-8-9-13/h1-7,10,13H,8-9H2,(H,18,24). The normalized spacial score (nSPS) is 13.4. The van der Waals surface area contributed by atoms with Crippen LogP contribution < -0.4 is 5.32 Å². The minimum Gasteiger partial charge on any atom is -0.322 e. The number of anilines is 1. The number of nitrogens with one attached hydrogen (secondary N) is 1. The molecule has 9 nitrogen and oxygen atoms in total. The molecular formula is C17H14N6O3. The molecule has 1 aliphatic carbocycles. The predicted molar refractivity (Wildman–Crippen MR) is 92.6 cm³/mol. The molecule has 1 fully saturated rings. The predicted octanol–water partition coefficient (Wildman–Crippen LogP) is 2.84. The summed E-state index contributed by atoms with van der Waals surface area (Å²) >= 11 is 0. The lowest BCUT2D eigenvalue weighted by molar-refractivity contribution is -0.385. The van der Waals surface area contributed by atoms with Crippen molar-refractivity contribution in [1.82, 2.24) is 20.2 Å². The van der Waals surface area contributed by atoms with E-state index in [0.29, 0.717) is 17.6 Å². The minimum absolute atomic E-state index is 0.00529. The van der Waals surface area contributed by atoms with Gasteiger partial charge in [-0.25, -0.2) is 4.68 Å². The van der Waals surface area contributed by atoms with Crippen LogP contribution in [-0.2, 0) is 0 Å². The summed E-state index contributed by atoms with van der Waals surface area (Å²) in [6.45, 7) is 0. The van der Waals surface area contributed by atoms with Crippen molar-refractivity contribution in [2.75, 3.05) is 5.32 Å². The molecule has 1 amide bonds. The molecule has 130 valence electrons. The van der Waals surface area contributed by atoms with E-state index >= 15 is 0 Å². The van der Waals surface area contributed by atoms with E-state index in [2.05, 4.69) is 20.8 Å². The molecule has 9 heteroatoms. The maximum absolute atomic E-state index is 12.5. The second kappa shape index (κ2) is 6.36. The quantitative estimate of drug-likeness (QED) is 0.559. The highest BCUT2D eigenvalue weighted by molar-refractivity contribution is 6.07. The Morgan fingerprint density at radius 3 is 2.77 bits per heavy atom. The molecule has 1 aliphatic rings. The first-order chi connectivity index (χ1) is 12.6. The van der Waals surface area contributed by atoms with Crippen LogP contribution in [0.1, 0.15) is 29.2 Å². The Kier molecular flexibility index (Phi) is 3.88. The molecule has 0 radical (unpaired) electrons. The van der Waals surface area contributed by atoms with Crippen molar-refractivity contribution in [3.05, 3.63) is 64.2 Å². The summed E-state index contributed by atoms with van der Waals surface area (Å²) in [5.41, 5.74) is 1.04. The fraction of sp³-hybridized carbons (Fsp3) is 0.176. The first kappa shape index (κ1) is 15.9. The second-order valence-electron chi connectivity index (χ2n) is 5.99. The van der Waals surface area contributed by atoms with Crippen LogP contribution in [0.5, 0.6) is 0 Å². The van der Waals surface area contributed by atoms with Crippen molar-refractivity contribution in [2.24, 2.45) is 0 Å². The van der Waals surface area contributed by atoms with Gasteiger partial charge < -0.3 is 5.32 Å². The van der Waals surface area contributed by atoms with E-state index in [1.165, 1.54) is 18.2 Å². The highest BCUT2D eigenvalue weighted by Gasteiger charge is 2.28. The summed E-state index contributed by atoms with van der Waals surface area (Å²) in [5, 5.41) is 25.6.